The van der Waals surface area contributed by atoms with E-state index < -0.39 is 0 Å². The smallest absolute Gasteiger partial charge is 0.122 e. The van der Waals surface area contributed by atoms with Crippen LogP contribution >= 0.6 is 0 Å². The molecule has 0 spiro atoms. The summed E-state index contributed by atoms with van der Waals surface area (Å²) >= 11 is 0. The minimum atomic E-state index is 0.220. The molecule has 1 radical (unpaired) electrons. The molecule has 0 aliphatic heterocycles. The molecule has 0 amide bonds. The van der Waals surface area contributed by atoms with Crippen LogP contribution in [-0.2, 0) is 4.79 Å². The average Bonchev–Trinajstić information content (AvgIpc) is 1.98. The van der Waals surface area contributed by atoms with E-state index in [1.807, 2.05) is 6.92 Å². The van der Waals surface area contributed by atoms with Crippen LogP contribution in [0.15, 0.2) is 6.08 Å². The molecule has 0 heterocycles. The Labute approximate surface area is 63.1 Å². The zero-order valence-corrected chi connectivity index (χ0v) is 6.55. The lowest BCUT2D eigenvalue weighted by Crippen LogP contribution is -1.94. The van der Waals surface area contributed by atoms with Crippen molar-refractivity contribution in [2.75, 3.05) is 0 Å². The molecule has 0 saturated carbocycles. The largest absolute Gasteiger partial charge is 0.303 e. The van der Waals surface area contributed by atoms with Gasteiger partial charge < -0.3 is 4.79 Å². The topological polar surface area (TPSA) is 17.1 Å². The highest BCUT2D eigenvalue weighted by Gasteiger charge is 1.96. The van der Waals surface area contributed by atoms with E-state index >= 15 is 0 Å². The number of carbonyl (C=O) groups is 1. The summed E-state index contributed by atoms with van der Waals surface area (Å²) in [5.41, 5.74) is 0. The lowest BCUT2D eigenvalue weighted by atomic mass is 10.1. The van der Waals surface area contributed by atoms with E-state index in [9.17, 15) is 4.79 Å². The van der Waals surface area contributed by atoms with E-state index in [-0.39, 0.29) is 5.92 Å². The van der Waals surface area contributed by atoms with Crippen LogP contribution < -0.4 is 0 Å². The first-order valence-electron chi connectivity index (χ1n) is 3.80. The number of hydrogen-bond donors (Lipinski definition) is 0. The van der Waals surface area contributed by atoms with E-state index in [0.29, 0.717) is 0 Å². The van der Waals surface area contributed by atoms with Crippen molar-refractivity contribution in [2.45, 2.75) is 32.6 Å². The van der Waals surface area contributed by atoms with Gasteiger partial charge in [0.05, 0.1) is 0 Å². The van der Waals surface area contributed by atoms with Crippen LogP contribution in [0.1, 0.15) is 32.6 Å². The zero-order chi connectivity index (χ0) is 7.82. The lowest BCUT2D eigenvalue weighted by molar-refractivity contribution is -0.110. The van der Waals surface area contributed by atoms with Gasteiger partial charge in [-0.25, -0.2) is 0 Å². The normalized spacial score (nSPS) is 12.5. The number of hydrogen-bond acceptors (Lipinski definition) is 1. The number of carbonyl (C=O) groups excluding carboxylic acids is 1. The van der Waals surface area contributed by atoms with E-state index in [0.717, 1.165) is 32.0 Å². The molecule has 0 aromatic heterocycles. The Morgan fingerprint density at radius 2 is 2.20 bits per heavy atom. The Morgan fingerprint density at radius 1 is 1.50 bits per heavy atom. The monoisotopic (exact) mass is 139 g/mol. The van der Waals surface area contributed by atoms with Gasteiger partial charge in [-0.1, -0.05) is 26.0 Å². The summed E-state index contributed by atoms with van der Waals surface area (Å²) in [6, 6.07) is 0. The van der Waals surface area contributed by atoms with Gasteiger partial charge in [0, 0.05) is 5.92 Å². The third kappa shape index (κ3) is 5.54. The van der Waals surface area contributed by atoms with Crippen molar-refractivity contribution in [1.29, 1.82) is 0 Å². The fourth-order valence-corrected chi connectivity index (χ4v) is 0.797. The van der Waals surface area contributed by atoms with Gasteiger partial charge in [0.1, 0.15) is 6.29 Å². The van der Waals surface area contributed by atoms with Gasteiger partial charge in [-0.15, -0.1) is 0 Å². The predicted molar refractivity (Wildman–Crippen MR) is 42.6 cm³/mol. The van der Waals surface area contributed by atoms with Gasteiger partial charge in [-0.2, -0.15) is 0 Å². The number of rotatable bonds is 6. The van der Waals surface area contributed by atoms with Gasteiger partial charge in [-0.05, 0) is 19.3 Å². The zero-order valence-electron chi connectivity index (χ0n) is 6.55. The van der Waals surface area contributed by atoms with Crippen LogP contribution in [-0.4, -0.2) is 6.29 Å². The molecule has 0 rings (SSSR count). The lowest BCUT2D eigenvalue weighted by Gasteiger charge is -2.00. The quantitative estimate of drug-likeness (QED) is 0.408. The van der Waals surface area contributed by atoms with Crippen LogP contribution in [0, 0.1) is 12.5 Å². The minimum Gasteiger partial charge on any atom is -0.303 e. The molecular formula is C9H15O. The molecular weight excluding hydrogens is 124 g/mol. The van der Waals surface area contributed by atoms with Crippen molar-refractivity contribution in [2.24, 2.45) is 5.92 Å². The minimum absolute atomic E-state index is 0.220. The van der Waals surface area contributed by atoms with E-state index in [4.69, 9.17) is 6.58 Å². The van der Waals surface area contributed by atoms with Gasteiger partial charge in [0.25, 0.3) is 0 Å². The van der Waals surface area contributed by atoms with Gasteiger partial charge in [0.15, 0.2) is 0 Å². The highest BCUT2D eigenvalue weighted by atomic mass is 16.1. The summed E-state index contributed by atoms with van der Waals surface area (Å²) in [4.78, 5) is 10.1. The second-order valence-electron chi connectivity index (χ2n) is 2.63. The molecule has 0 saturated heterocycles. The van der Waals surface area contributed by atoms with Crippen molar-refractivity contribution in [3.8, 4) is 0 Å². The summed E-state index contributed by atoms with van der Waals surface area (Å²) in [5, 5.41) is 0. The Hall–Kier alpha value is -0.590. The molecule has 0 aromatic carbocycles. The van der Waals surface area contributed by atoms with Gasteiger partial charge in [-0.3, -0.25) is 0 Å². The summed E-state index contributed by atoms with van der Waals surface area (Å²) < 4.78 is 0. The maximum atomic E-state index is 10.1. The number of aldehydes is 1. The predicted octanol–water partition coefficient (Wildman–Crippen LogP) is 2.37. The highest BCUT2D eigenvalue weighted by molar-refractivity contribution is 5.52. The Kier molecular flexibility index (Phi) is 6.14. The second-order valence-corrected chi connectivity index (χ2v) is 2.63. The first-order chi connectivity index (χ1) is 4.81. The molecule has 0 bridgehead atoms. The average molecular weight is 139 g/mol. The Balaban J connectivity index is 3.02. The Morgan fingerprint density at radius 3 is 2.70 bits per heavy atom. The summed E-state index contributed by atoms with van der Waals surface area (Å²) in [6.45, 7) is 7.13. The highest BCUT2D eigenvalue weighted by Crippen LogP contribution is 2.06. The van der Waals surface area contributed by atoms with Crippen LogP contribution in [0.5, 0.6) is 0 Å². The molecule has 0 fully saturated rings. The molecule has 1 nitrogen and oxygen atoms in total. The number of allylic oxidation sites excluding steroid dienone is 1. The molecule has 1 atom stereocenters. The first-order valence-corrected chi connectivity index (χ1v) is 3.80. The summed E-state index contributed by atoms with van der Waals surface area (Å²) in [5.74, 6) is 0.220. The second kappa shape index (κ2) is 6.53. The SMILES string of the molecule is [CH]=CCCCCC(C)C=O. The van der Waals surface area contributed by atoms with Crippen molar-refractivity contribution < 1.29 is 4.79 Å². The third-order valence-electron chi connectivity index (χ3n) is 1.51. The van der Waals surface area contributed by atoms with Gasteiger partial charge in [0.2, 0.25) is 0 Å². The molecule has 0 aliphatic carbocycles. The third-order valence-corrected chi connectivity index (χ3v) is 1.51. The fourth-order valence-electron chi connectivity index (χ4n) is 0.797. The molecule has 1 heteroatoms. The van der Waals surface area contributed by atoms with Crippen molar-refractivity contribution in [3.05, 3.63) is 12.7 Å². The van der Waals surface area contributed by atoms with Crippen molar-refractivity contribution in [1.82, 2.24) is 0 Å². The van der Waals surface area contributed by atoms with Crippen LogP contribution in [0.2, 0.25) is 0 Å². The van der Waals surface area contributed by atoms with E-state index in [1.54, 1.807) is 6.08 Å². The van der Waals surface area contributed by atoms with E-state index in [1.165, 1.54) is 0 Å². The number of unbranched alkanes of at least 4 members (excludes halogenated alkanes) is 2. The molecule has 0 aromatic rings. The van der Waals surface area contributed by atoms with Crippen LogP contribution in [0.25, 0.3) is 0 Å². The molecule has 0 N–H and O–H groups in total. The Bertz CT molecular complexity index is 96.9. The van der Waals surface area contributed by atoms with Crippen LogP contribution in [0.3, 0.4) is 0 Å². The molecule has 0 aliphatic rings. The maximum absolute atomic E-state index is 10.1. The standard InChI is InChI=1S/C9H15O/c1-3-4-5-6-7-9(2)8-10/h1,3,8-9H,4-7H2,2H3. The fraction of sp³-hybridized carbons (Fsp3) is 0.667. The summed E-state index contributed by atoms with van der Waals surface area (Å²) in [7, 11) is 0. The maximum Gasteiger partial charge on any atom is 0.122 e. The molecule has 57 valence electrons. The van der Waals surface area contributed by atoms with Crippen LogP contribution in [0.4, 0.5) is 0 Å². The van der Waals surface area contributed by atoms with Crippen molar-refractivity contribution in [3.63, 3.8) is 0 Å². The molecule has 10 heavy (non-hydrogen) atoms. The first kappa shape index (κ1) is 9.41. The van der Waals surface area contributed by atoms with Gasteiger partial charge >= 0.3 is 0 Å². The van der Waals surface area contributed by atoms with E-state index in [2.05, 4.69) is 0 Å². The van der Waals surface area contributed by atoms with Crippen molar-refractivity contribution >= 4 is 6.29 Å². The molecule has 1 unspecified atom stereocenters. The summed E-state index contributed by atoms with van der Waals surface area (Å²) in [6.07, 6.45) is 6.85.